The highest BCUT2D eigenvalue weighted by atomic mass is 16.6. The molecule has 112 valence electrons. The van der Waals surface area contributed by atoms with E-state index in [9.17, 15) is 4.79 Å². The number of hydrogen-bond acceptors (Lipinski definition) is 4. The van der Waals surface area contributed by atoms with Gasteiger partial charge in [-0.3, -0.25) is 0 Å². The van der Waals surface area contributed by atoms with Gasteiger partial charge in [0.1, 0.15) is 5.60 Å². The van der Waals surface area contributed by atoms with Crippen LogP contribution >= 0.6 is 0 Å². The molecule has 1 saturated heterocycles. The van der Waals surface area contributed by atoms with Gasteiger partial charge < -0.3 is 9.64 Å². The maximum atomic E-state index is 12.3. The van der Waals surface area contributed by atoms with Gasteiger partial charge in [-0.1, -0.05) is 6.58 Å². The quantitative estimate of drug-likeness (QED) is 0.580. The fraction of sp³-hybridized carbons (Fsp3) is 0.667. The molecule has 0 bridgehead atoms. The second-order valence-electron chi connectivity index (χ2n) is 5.89. The van der Waals surface area contributed by atoms with Crippen molar-refractivity contribution in [1.29, 1.82) is 0 Å². The van der Waals surface area contributed by atoms with Crippen molar-refractivity contribution in [2.24, 2.45) is 10.2 Å². The Morgan fingerprint density at radius 3 is 2.70 bits per heavy atom. The van der Waals surface area contributed by atoms with Gasteiger partial charge in [0.05, 0.1) is 6.04 Å². The summed E-state index contributed by atoms with van der Waals surface area (Å²) in [5.74, 6) is 0. The Balaban J connectivity index is 2.76. The predicted octanol–water partition coefficient (Wildman–Crippen LogP) is 3.93. The third-order valence-electron chi connectivity index (χ3n) is 3.03. The Hall–Kier alpha value is -1.65. The third kappa shape index (κ3) is 5.15. The summed E-state index contributed by atoms with van der Waals surface area (Å²) in [5.41, 5.74) is 0.384. The number of piperidine rings is 1. The molecule has 0 N–H and O–H groups in total. The van der Waals surface area contributed by atoms with E-state index in [0.717, 1.165) is 24.8 Å². The Bertz CT molecular complexity index is 408. The topological polar surface area (TPSA) is 54.3 Å². The van der Waals surface area contributed by atoms with Crippen LogP contribution in [0, 0.1) is 0 Å². The van der Waals surface area contributed by atoms with Crippen LogP contribution in [0.15, 0.2) is 34.7 Å². The number of carbonyl (C=O) groups excluding carboxylic acids is 1. The zero-order valence-electron chi connectivity index (χ0n) is 12.9. The number of likely N-dealkylation sites (tertiary alicyclic amines) is 1. The highest BCUT2D eigenvalue weighted by Gasteiger charge is 2.31. The van der Waals surface area contributed by atoms with Crippen LogP contribution in [0.4, 0.5) is 4.79 Å². The number of amides is 1. The first-order valence-corrected chi connectivity index (χ1v) is 6.99. The highest BCUT2D eigenvalue weighted by molar-refractivity contribution is 5.69. The molecule has 1 aliphatic heterocycles. The molecular formula is C15H25N3O2. The molecule has 0 aromatic heterocycles. The molecule has 0 aliphatic carbocycles. The van der Waals surface area contributed by atoms with Crippen molar-refractivity contribution in [1.82, 2.24) is 4.90 Å². The largest absolute Gasteiger partial charge is 0.444 e. The van der Waals surface area contributed by atoms with Crippen molar-refractivity contribution in [3.63, 3.8) is 0 Å². The summed E-state index contributed by atoms with van der Waals surface area (Å²) in [4.78, 5) is 14.0. The van der Waals surface area contributed by atoms with E-state index in [-0.39, 0.29) is 12.1 Å². The van der Waals surface area contributed by atoms with Crippen LogP contribution in [0.5, 0.6) is 0 Å². The molecule has 0 aromatic carbocycles. The Morgan fingerprint density at radius 2 is 2.10 bits per heavy atom. The normalized spacial score (nSPS) is 20.6. The molecular weight excluding hydrogens is 254 g/mol. The summed E-state index contributed by atoms with van der Waals surface area (Å²) >= 11 is 0. The molecule has 0 radical (unpaired) electrons. The maximum Gasteiger partial charge on any atom is 0.410 e. The molecule has 5 nitrogen and oxygen atoms in total. The zero-order chi connectivity index (χ0) is 15.2. The lowest BCUT2D eigenvalue weighted by molar-refractivity contribution is 0.0142. The van der Waals surface area contributed by atoms with E-state index in [1.165, 1.54) is 0 Å². The number of carbonyl (C=O) groups is 1. The van der Waals surface area contributed by atoms with Crippen LogP contribution in [-0.4, -0.2) is 36.2 Å². The predicted molar refractivity (Wildman–Crippen MR) is 79.6 cm³/mol. The molecule has 0 spiro atoms. The van der Waals surface area contributed by atoms with Gasteiger partial charge in [0.2, 0.25) is 0 Å². The third-order valence-corrected chi connectivity index (χ3v) is 3.03. The summed E-state index contributed by atoms with van der Waals surface area (Å²) < 4.78 is 5.46. The van der Waals surface area contributed by atoms with E-state index >= 15 is 0 Å². The number of nitrogens with zero attached hydrogens (tertiary/aromatic N) is 3. The maximum absolute atomic E-state index is 12.3. The Morgan fingerprint density at radius 1 is 1.40 bits per heavy atom. The van der Waals surface area contributed by atoms with E-state index in [1.54, 1.807) is 24.2 Å². The van der Waals surface area contributed by atoms with Gasteiger partial charge >= 0.3 is 6.09 Å². The van der Waals surface area contributed by atoms with Gasteiger partial charge in [-0.15, -0.1) is 0 Å². The van der Waals surface area contributed by atoms with Crippen molar-refractivity contribution < 1.29 is 9.53 Å². The van der Waals surface area contributed by atoms with Gasteiger partial charge in [0, 0.05) is 19.8 Å². The number of azo groups is 1. The summed E-state index contributed by atoms with van der Waals surface area (Å²) in [6.07, 6.45) is 6.14. The van der Waals surface area contributed by atoms with Crippen LogP contribution in [-0.2, 0) is 4.74 Å². The zero-order valence-corrected chi connectivity index (χ0v) is 12.9. The summed E-state index contributed by atoms with van der Waals surface area (Å²) in [7, 11) is 1.61. The first kappa shape index (κ1) is 16.4. The standard InChI is InChI=1S/C15H25N3O2/c1-12(9-10-17-16-5)13-8-6-7-11-18(13)14(19)20-15(2,3)4/h9-10,13H,1,6-8,11H2,2-5H3/b10-9-,17-16?/t13-/m1/s1. The number of rotatable bonds is 3. The van der Waals surface area contributed by atoms with Crippen molar-refractivity contribution >= 4 is 6.09 Å². The summed E-state index contributed by atoms with van der Waals surface area (Å²) in [6, 6.07) is -0.0121. The molecule has 0 saturated carbocycles. The minimum atomic E-state index is -0.479. The van der Waals surface area contributed by atoms with Crippen molar-refractivity contribution in [2.45, 2.75) is 51.7 Å². The van der Waals surface area contributed by atoms with Gasteiger partial charge in [-0.2, -0.15) is 10.2 Å². The molecule has 1 fully saturated rings. The van der Waals surface area contributed by atoms with E-state index in [2.05, 4.69) is 16.8 Å². The van der Waals surface area contributed by atoms with E-state index in [4.69, 9.17) is 4.74 Å². The fourth-order valence-electron chi connectivity index (χ4n) is 2.16. The number of hydrogen-bond donors (Lipinski definition) is 0. The molecule has 1 amide bonds. The molecule has 20 heavy (non-hydrogen) atoms. The monoisotopic (exact) mass is 279 g/mol. The lowest BCUT2D eigenvalue weighted by Gasteiger charge is -2.37. The lowest BCUT2D eigenvalue weighted by Crippen LogP contribution is -2.46. The first-order chi connectivity index (χ1) is 9.35. The smallest absolute Gasteiger partial charge is 0.410 e. The van der Waals surface area contributed by atoms with Crippen LogP contribution in [0.25, 0.3) is 0 Å². The second-order valence-corrected chi connectivity index (χ2v) is 5.89. The summed E-state index contributed by atoms with van der Waals surface area (Å²) in [6.45, 7) is 10.4. The summed E-state index contributed by atoms with van der Waals surface area (Å²) in [5, 5.41) is 7.43. The first-order valence-electron chi connectivity index (χ1n) is 6.99. The molecule has 1 aliphatic rings. The van der Waals surface area contributed by atoms with Crippen molar-refractivity contribution in [3.05, 3.63) is 24.4 Å². The van der Waals surface area contributed by atoms with Crippen molar-refractivity contribution in [3.8, 4) is 0 Å². The highest BCUT2D eigenvalue weighted by Crippen LogP contribution is 2.25. The van der Waals surface area contributed by atoms with Crippen LogP contribution in [0.3, 0.4) is 0 Å². The minimum Gasteiger partial charge on any atom is -0.444 e. The average molecular weight is 279 g/mol. The fourth-order valence-corrected chi connectivity index (χ4v) is 2.16. The molecule has 1 heterocycles. The average Bonchev–Trinajstić information content (AvgIpc) is 2.37. The van der Waals surface area contributed by atoms with E-state index in [0.29, 0.717) is 6.54 Å². The SMILES string of the molecule is C=C(/C=C\N=NC)[C@H]1CCCCN1C(=O)OC(C)(C)C. The van der Waals surface area contributed by atoms with Crippen LogP contribution in [0.2, 0.25) is 0 Å². The Labute approximate surface area is 121 Å². The van der Waals surface area contributed by atoms with Crippen molar-refractivity contribution in [2.75, 3.05) is 13.6 Å². The lowest BCUT2D eigenvalue weighted by atomic mass is 9.96. The second kappa shape index (κ2) is 7.22. The van der Waals surface area contributed by atoms with E-state index < -0.39 is 5.60 Å². The molecule has 0 unspecified atom stereocenters. The van der Waals surface area contributed by atoms with E-state index in [1.807, 2.05) is 20.8 Å². The molecule has 5 heteroatoms. The van der Waals surface area contributed by atoms with Gasteiger partial charge in [-0.05, 0) is 51.7 Å². The molecule has 1 rings (SSSR count). The van der Waals surface area contributed by atoms with Gasteiger partial charge in [-0.25, -0.2) is 4.79 Å². The molecule has 1 atom stereocenters. The molecule has 0 aromatic rings. The van der Waals surface area contributed by atoms with Gasteiger partial charge in [0.15, 0.2) is 0 Å². The Kier molecular flexibility index (Phi) is 5.92. The van der Waals surface area contributed by atoms with Crippen LogP contribution < -0.4 is 0 Å². The van der Waals surface area contributed by atoms with Gasteiger partial charge in [0.25, 0.3) is 0 Å². The minimum absolute atomic E-state index is 0.0121. The number of ether oxygens (including phenoxy) is 1. The van der Waals surface area contributed by atoms with Crippen LogP contribution in [0.1, 0.15) is 40.0 Å².